The van der Waals surface area contributed by atoms with Crippen LogP contribution in [0.25, 0.3) is 11.5 Å². The third-order valence-corrected chi connectivity index (χ3v) is 3.80. The van der Waals surface area contributed by atoms with Gasteiger partial charge in [0, 0.05) is 19.2 Å². The molecule has 0 saturated carbocycles. The molecule has 1 N–H and O–H groups in total. The topological polar surface area (TPSA) is 55.1 Å². The van der Waals surface area contributed by atoms with Gasteiger partial charge in [-0.15, -0.1) is 0 Å². The van der Waals surface area contributed by atoms with Gasteiger partial charge in [-0.05, 0) is 48.2 Å². The molecule has 2 heterocycles. The zero-order valence-corrected chi connectivity index (χ0v) is 13.4. The predicted molar refractivity (Wildman–Crippen MR) is 93.2 cm³/mol. The van der Waals surface area contributed by atoms with Crippen LogP contribution in [0.15, 0.2) is 71.5 Å². The molecule has 24 heavy (non-hydrogen) atoms. The number of hydrogen-bond donors (Lipinski definition) is 1. The number of aryl methyl sites for hydroxylation is 1. The Morgan fingerprint density at radius 3 is 2.71 bits per heavy atom. The fourth-order valence-electron chi connectivity index (χ4n) is 2.53. The number of hydrogen-bond acceptors (Lipinski definition) is 3. The van der Waals surface area contributed by atoms with Gasteiger partial charge in [-0.1, -0.05) is 30.3 Å². The van der Waals surface area contributed by atoms with Crippen LogP contribution >= 0.6 is 0 Å². The average molecular weight is 320 g/mol. The zero-order valence-electron chi connectivity index (χ0n) is 13.4. The molecule has 122 valence electrons. The normalized spacial score (nSPS) is 10.5. The smallest absolute Gasteiger partial charge is 0.220 e. The molecular weight excluding hydrogens is 300 g/mol. The molecule has 0 fully saturated rings. The average Bonchev–Trinajstić information content (AvgIpc) is 3.16. The van der Waals surface area contributed by atoms with Gasteiger partial charge in [-0.25, -0.2) is 0 Å². The van der Waals surface area contributed by atoms with E-state index in [1.165, 1.54) is 5.56 Å². The van der Waals surface area contributed by atoms with Crippen molar-refractivity contribution < 1.29 is 9.21 Å². The number of nitrogens with zero attached hydrogens (tertiary/aromatic N) is 1. The number of furan rings is 1. The number of rotatable bonds is 7. The van der Waals surface area contributed by atoms with Gasteiger partial charge in [0.05, 0.1) is 6.26 Å². The van der Waals surface area contributed by atoms with Crippen molar-refractivity contribution >= 4 is 5.91 Å². The van der Waals surface area contributed by atoms with Crippen molar-refractivity contribution in [3.63, 3.8) is 0 Å². The fraction of sp³-hybridized carbons (Fsp3) is 0.200. The largest absolute Gasteiger partial charge is 0.463 e. The summed E-state index contributed by atoms with van der Waals surface area (Å²) in [6, 6.07) is 17.8. The Kier molecular flexibility index (Phi) is 5.40. The number of carbonyl (C=O) groups is 1. The Morgan fingerprint density at radius 1 is 1.04 bits per heavy atom. The monoisotopic (exact) mass is 320 g/mol. The first-order chi connectivity index (χ1) is 11.8. The van der Waals surface area contributed by atoms with Crippen LogP contribution < -0.4 is 5.32 Å². The lowest BCUT2D eigenvalue weighted by Crippen LogP contribution is -2.22. The highest BCUT2D eigenvalue weighted by Gasteiger charge is 2.05. The highest BCUT2D eigenvalue weighted by atomic mass is 16.3. The first-order valence-corrected chi connectivity index (χ1v) is 8.11. The van der Waals surface area contributed by atoms with Crippen LogP contribution in [0.4, 0.5) is 0 Å². The SMILES string of the molecule is O=C(CCCc1ccccc1)NCc1ccnc(-c2ccco2)c1. The summed E-state index contributed by atoms with van der Waals surface area (Å²) in [5.41, 5.74) is 3.05. The molecule has 4 heteroatoms. The number of aromatic nitrogens is 1. The molecule has 0 saturated heterocycles. The minimum Gasteiger partial charge on any atom is -0.463 e. The lowest BCUT2D eigenvalue weighted by Gasteiger charge is -2.06. The molecule has 0 radical (unpaired) electrons. The number of amides is 1. The molecule has 0 unspecified atom stereocenters. The van der Waals surface area contributed by atoms with E-state index in [2.05, 4.69) is 22.4 Å². The molecule has 0 aliphatic rings. The van der Waals surface area contributed by atoms with E-state index in [4.69, 9.17) is 4.42 Å². The third-order valence-electron chi connectivity index (χ3n) is 3.80. The quantitative estimate of drug-likeness (QED) is 0.716. The van der Waals surface area contributed by atoms with Crippen LogP contribution in [-0.4, -0.2) is 10.9 Å². The molecule has 0 atom stereocenters. The summed E-state index contributed by atoms with van der Waals surface area (Å²) in [5, 5.41) is 2.96. The first kappa shape index (κ1) is 16.0. The highest BCUT2D eigenvalue weighted by molar-refractivity contribution is 5.75. The molecule has 3 rings (SSSR count). The molecule has 2 aromatic heterocycles. The summed E-state index contributed by atoms with van der Waals surface area (Å²) in [6.45, 7) is 0.500. The van der Waals surface area contributed by atoms with Gasteiger partial charge in [-0.3, -0.25) is 9.78 Å². The summed E-state index contributed by atoms with van der Waals surface area (Å²) in [4.78, 5) is 16.3. The summed E-state index contributed by atoms with van der Waals surface area (Å²) in [6.07, 6.45) is 5.66. The number of pyridine rings is 1. The van der Waals surface area contributed by atoms with Crippen molar-refractivity contribution in [2.24, 2.45) is 0 Å². The first-order valence-electron chi connectivity index (χ1n) is 8.11. The molecule has 1 amide bonds. The fourth-order valence-corrected chi connectivity index (χ4v) is 2.53. The van der Waals surface area contributed by atoms with Gasteiger partial charge in [-0.2, -0.15) is 0 Å². The van der Waals surface area contributed by atoms with Crippen LogP contribution in [0, 0.1) is 0 Å². The van der Waals surface area contributed by atoms with Crippen LogP contribution in [0.5, 0.6) is 0 Å². The van der Waals surface area contributed by atoms with E-state index in [-0.39, 0.29) is 5.91 Å². The van der Waals surface area contributed by atoms with Crippen molar-refractivity contribution in [3.05, 3.63) is 78.2 Å². The Hall–Kier alpha value is -2.88. The minimum atomic E-state index is 0.0716. The van der Waals surface area contributed by atoms with Crippen molar-refractivity contribution in [1.82, 2.24) is 10.3 Å². The Morgan fingerprint density at radius 2 is 1.92 bits per heavy atom. The summed E-state index contributed by atoms with van der Waals surface area (Å²) >= 11 is 0. The van der Waals surface area contributed by atoms with Crippen molar-refractivity contribution in [1.29, 1.82) is 0 Å². The maximum absolute atomic E-state index is 12.0. The van der Waals surface area contributed by atoms with E-state index in [1.54, 1.807) is 12.5 Å². The second kappa shape index (κ2) is 8.11. The summed E-state index contributed by atoms with van der Waals surface area (Å²) < 4.78 is 5.35. The molecule has 0 aliphatic heterocycles. The molecule has 0 spiro atoms. The predicted octanol–water partition coefficient (Wildman–Crippen LogP) is 3.98. The van der Waals surface area contributed by atoms with Gasteiger partial charge >= 0.3 is 0 Å². The molecule has 1 aromatic carbocycles. The summed E-state index contributed by atoms with van der Waals surface area (Å²) in [5.74, 6) is 0.799. The second-order valence-electron chi connectivity index (χ2n) is 5.64. The van der Waals surface area contributed by atoms with E-state index in [9.17, 15) is 4.79 Å². The second-order valence-corrected chi connectivity index (χ2v) is 5.64. The summed E-state index contributed by atoms with van der Waals surface area (Å²) in [7, 11) is 0. The van der Waals surface area contributed by atoms with Crippen LogP contribution in [0.2, 0.25) is 0 Å². The van der Waals surface area contributed by atoms with E-state index in [0.717, 1.165) is 29.9 Å². The lowest BCUT2D eigenvalue weighted by molar-refractivity contribution is -0.121. The molecule has 4 nitrogen and oxygen atoms in total. The van der Waals surface area contributed by atoms with E-state index >= 15 is 0 Å². The van der Waals surface area contributed by atoms with E-state index in [1.807, 2.05) is 42.5 Å². The Labute approximate surface area is 141 Å². The van der Waals surface area contributed by atoms with Crippen LogP contribution in [-0.2, 0) is 17.8 Å². The standard InChI is InChI=1S/C20H20N2O2/c23-20(10-4-8-16-6-2-1-3-7-16)22-15-17-11-12-21-18(14-17)19-9-5-13-24-19/h1-3,5-7,9,11-14H,4,8,10,15H2,(H,22,23). The number of benzene rings is 1. The van der Waals surface area contributed by atoms with Gasteiger partial charge in [0.1, 0.15) is 5.69 Å². The van der Waals surface area contributed by atoms with Crippen LogP contribution in [0.3, 0.4) is 0 Å². The number of nitrogens with one attached hydrogen (secondary N) is 1. The third kappa shape index (κ3) is 4.56. The van der Waals surface area contributed by atoms with E-state index in [0.29, 0.717) is 13.0 Å². The molecule has 3 aromatic rings. The van der Waals surface area contributed by atoms with E-state index < -0.39 is 0 Å². The van der Waals surface area contributed by atoms with Gasteiger partial charge in [0.25, 0.3) is 0 Å². The van der Waals surface area contributed by atoms with Crippen LogP contribution in [0.1, 0.15) is 24.0 Å². The minimum absolute atomic E-state index is 0.0716. The highest BCUT2D eigenvalue weighted by Crippen LogP contribution is 2.18. The molecule has 0 aliphatic carbocycles. The lowest BCUT2D eigenvalue weighted by atomic mass is 10.1. The Bertz CT molecular complexity index is 767. The molecular formula is C20H20N2O2. The maximum atomic E-state index is 12.0. The van der Waals surface area contributed by atoms with Crippen molar-refractivity contribution in [3.8, 4) is 11.5 Å². The van der Waals surface area contributed by atoms with Gasteiger partial charge < -0.3 is 9.73 Å². The van der Waals surface area contributed by atoms with Gasteiger partial charge in [0.2, 0.25) is 5.91 Å². The molecule has 0 bridgehead atoms. The zero-order chi connectivity index (χ0) is 16.6. The van der Waals surface area contributed by atoms with Gasteiger partial charge in [0.15, 0.2) is 5.76 Å². The van der Waals surface area contributed by atoms with Crippen molar-refractivity contribution in [2.45, 2.75) is 25.8 Å². The number of carbonyl (C=O) groups excluding carboxylic acids is 1. The van der Waals surface area contributed by atoms with Crippen molar-refractivity contribution in [2.75, 3.05) is 0 Å². The Balaban J connectivity index is 1.45. The maximum Gasteiger partial charge on any atom is 0.220 e.